The molecule has 1 aliphatic heterocycles. The maximum atomic E-state index is 13.6. The van der Waals surface area contributed by atoms with E-state index >= 15 is 0 Å². The SMILES string of the molecule is CC1(C)CCC(=O)CN1C(=O)c1ccc(F)cc1F. The molecule has 1 aromatic rings. The van der Waals surface area contributed by atoms with Crippen molar-refractivity contribution in [1.29, 1.82) is 0 Å². The number of rotatable bonds is 1. The highest BCUT2D eigenvalue weighted by Gasteiger charge is 2.37. The Morgan fingerprint density at radius 3 is 2.63 bits per heavy atom. The van der Waals surface area contributed by atoms with Crippen LogP contribution < -0.4 is 0 Å². The Bertz CT molecular complexity index is 540. The van der Waals surface area contributed by atoms with Gasteiger partial charge in [0, 0.05) is 18.0 Å². The molecule has 5 heteroatoms. The lowest BCUT2D eigenvalue weighted by molar-refractivity contribution is -0.124. The molecular formula is C14H15F2NO2. The highest BCUT2D eigenvalue weighted by atomic mass is 19.1. The average Bonchev–Trinajstić information content (AvgIpc) is 2.31. The Morgan fingerprint density at radius 1 is 1.32 bits per heavy atom. The zero-order valence-corrected chi connectivity index (χ0v) is 10.9. The first-order chi connectivity index (χ1) is 8.81. The molecule has 0 N–H and O–H groups in total. The molecule has 0 spiro atoms. The van der Waals surface area contributed by atoms with E-state index in [0.29, 0.717) is 18.9 Å². The molecule has 102 valence electrons. The molecule has 3 nitrogen and oxygen atoms in total. The molecule has 0 saturated carbocycles. The smallest absolute Gasteiger partial charge is 0.257 e. The molecular weight excluding hydrogens is 252 g/mol. The number of hydrogen-bond acceptors (Lipinski definition) is 2. The van der Waals surface area contributed by atoms with Crippen LogP contribution in [0.2, 0.25) is 0 Å². The summed E-state index contributed by atoms with van der Waals surface area (Å²) in [5, 5.41) is 0. The second-order valence-corrected chi connectivity index (χ2v) is 5.37. The van der Waals surface area contributed by atoms with Crippen molar-refractivity contribution in [2.45, 2.75) is 32.2 Å². The minimum Gasteiger partial charge on any atom is -0.326 e. The van der Waals surface area contributed by atoms with Gasteiger partial charge in [0.2, 0.25) is 0 Å². The summed E-state index contributed by atoms with van der Waals surface area (Å²) in [5.41, 5.74) is -0.713. The van der Waals surface area contributed by atoms with E-state index in [-0.39, 0.29) is 17.9 Å². The van der Waals surface area contributed by atoms with Gasteiger partial charge in [0.1, 0.15) is 11.6 Å². The van der Waals surface area contributed by atoms with Crippen LogP contribution in [0.25, 0.3) is 0 Å². The number of carbonyl (C=O) groups excluding carboxylic acids is 2. The number of nitrogens with zero attached hydrogens (tertiary/aromatic N) is 1. The Morgan fingerprint density at radius 2 is 2.00 bits per heavy atom. The number of benzene rings is 1. The van der Waals surface area contributed by atoms with E-state index in [1.807, 2.05) is 13.8 Å². The average molecular weight is 267 g/mol. The van der Waals surface area contributed by atoms with Crippen molar-refractivity contribution >= 4 is 11.7 Å². The van der Waals surface area contributed by atoms with Crippen molar-refractivity contribution in [1.82, 2.24) is 4.90 Å². The minimum atomic E-state index is -0.904. The minimum absolute atomic E-state index is 0.0251. The van der Waals surface area contributed by atoms with Crippen LogP contribution >= 0.6 is 0 Å². The first-order valence-corrected chi connectivity index (χ1v) is 6.10. The van der Waals surface area contributed by atoms with Crippen LogP contribution in [0.5, 0.6) is 0 Å². The summed E-state index contributed by atoms with van der Waals surface area (Å²) >= 11 is 0. The first-order valence-electron chi connectivity index (χ1n) is 6.10. The molecule has 0 aliphatic carbocycles. The number of Topliss-reactive ketones (excluding diaryl/α,β-unsaturated/α-hetero) is 1. The third kappa shape index (κ3) is 2.64. The maximum Gasteiger partial charge on any atom is 0.257 e. The number of piperidine rings is 1. The largest absolute Gasteiger partial charge is 0.326 e. The van der Waals surface area contributed by atoms with Crippen molar-refractivity contribution in [3.63, 3.8) is 0 Å². The summed E-state index contributed by atoms with van der Waals surface area (Å²) in [7, 11) is 0. The highest BCUT2D eigenvalue weighted by molar-refractivity contribution is 5.98. The zero-order valence-electron chi connectivity index (χ0n) is 10.9. The van der Waals surface area contributed by atoms with Gasteiger partial charge in [-0.05, 0) is 32.4 Å². The van der Waals surface area contributed by atoms with E-state index in [4.69, 9.17) is 0 Å². The van der Waals surface area contributed by atoms with Crippen LogP contribution in [0.1, 0.15) is 37.0 Å². The Hall–Kier alpha value is -1.78. The van der Waals surface area contributed by atoms with Crippen LogP contribution in [0.4, 0.5) is 8.78 Å². The Labute approximate surface area is 110 Å². The predicted octanol–water partition coefficient (Wildman–Crippen LogP) is 2.55. The number of likely N-dealkylation sites (tertiary alicyclic amines) is 1. The molecule has 1 heterocycles. The molecule has 1 saturated heterocycles. The van der Waals surface area contributed by atoms with Gasteiger partial charge in [0.25, 0.3) is 5.91 Å². The number of hydrogen-bond donors (Lipinski definition) is 0. The monoisotopic (exact) mass is 267 g/mol. The summed E-state index contributed by atoms with van der Waals surface area (Å²) in [4.78, 5) is 25.1. The van der Waals surface area contributed by atoms with Crippen molar-refractivity contribution in [2.24, 2.45) is 0 Å². The van der Waals surface area contributed by atoms with Crippen LogP contribution in [0.3, 0.4) is 0 Å². The predicted molar refractivity (Wildman–Crippen MR) is 65.7 cm³/mol. The van der Waals surface area contributed by atoms with Crippen LogP contribution in [0.15, 0.2) is 18.2 Å². The fourth-order valence-electron chi connectivity index (χ4n) is 2.20. The first kappa shape index (κ1) is 13.6. The van der Waals surface area contributed by atoms with Gasteiger partial charge < -0.3 is 4.90 Å². The number of carbonyl (C=O) groups is 2. The van der Waals surface area contributed by atoms with Crippen molar-refractivity contribution < 1.29 is 18.4 Å². The van der Waals surface area contributed by atoms with Crippen LogP contribution in [-0.4, -0.2) is 28.7 Å². The van der Waals surface area contributed by atoms with E-state index in [0.717, 1.165) is 12.1 Å². The van der Waals surface area contributed by atoms with Gasteiger partial charge in [0.15, 0.2) is 5.78 Å². The topological polar surface area (TPSA) is 37.4 Å². The van der Waals surface area contributed by atoms with E-state index in [9.17, 15) is 18.4 Å². The van der Waals surface area contributed by atoms with Crippen molar-refractivity contribution in [2.75, 3.05) is 6.54 Å². The number of amides is 1. The van der Waals surface area contributed by atoms with Gasteiger partial charge in [-0.2, -0.15) is 0 Å². The molecule has 2 rings (SSSR count). The zero-order chi connectivity index (χ0) is 14.2. The van der Waals surface area contributed by atoms with Crippen molar-refractivity contribution in [3.05, 3.63) is 35.4 Å². The maximum absolute atomic E-state index is 13.6. The summed E-state index contributed by atoms with van der Waals surface area (Å²) in [5.74, 6) is -2.26. The van der Waals surface area contributed by atoms with E-state index in [1.54, 1.807) is 0 Å². The van der Waals surface area contributed by atoms with Gasteiger partial charge in [-0.3, -0.25) is 9.59 Å². The fourth-order valence-corrected chi connectivity index (χ4v) is 2.20. The van der Waals surface area contributed by atoms with Gasteiger partial charge in [-0.15, -0.1) is 0 Å². The lowest BCUT2D eigenvalue weighted by atomic mass is 9.89. The molecule has 1 amide bonds. The van der Waals surface area contributed by atoms with Gasteiger partial charge in [-0.1, -0.05) is 0 Å². The molecule has 1 aromatic carbocycles. The van der Waals surface area contributed by atoms with Crippen molar-refractivity contribution in [3.8, 4) is 0 Å². The molecule has 0 bridgehead atoms. The lowest BCUT2D eigenvalue weighted by Crippen LogP contribution is -2.53. The molecule has 0 aromatic heterocycles. The molecule has 19 heavy (non-hydrogen) atoms. The van der Waals surface area contributed by atoms with E-state index < -0.39 is 23.1 Å². The summed E-state index contributed by atoms with van der Waals surface area (Å²) in [6.45, 7) is 3.64. The molecule has 1 fully saturated rings. The summed E-state index contributed by atoms with van der Waals surface area (Å²) in [6, 6.07) is 2.82. The highest BCUT2D eigenvalue weighted by Crippen LogP contribution is 2.28. The lowest BCUT2D eigenvalue weighted by Gasteiger charge is -2.41. The summed E-state index contributed by atoms with van der Waals surface area (Å²) in [6.07, 6.45) is 0.961. The molecule has 1 aliphatic rings. The molecule has 0 atom stereocenters. The van der Waals surface area contributed by atoms with Crippen LogP contribution in [0, 0.1) is 11.6 Å². The van der Waals surface area contributed by atoms with E-state index in [1.165, 1.54) is 4.90 Å². The van der Waals surface area contributed by atoms with Gasteiger partial charge in [0.05, 0.1) is 12.1 Å². The van der Waals surface area contributed by atoms with Gasteiger partial charge >= 0.3 is 0 Å². The molecule has 0 unspecified atom stereocenters. The Kier molecular flexibility index (Phi) is 3.39. The second-order valence-electron chi connectivity index (χ2n) is 5.37. The number of ketones is 1. The van der Waals surface area contributed by atoms with E-state index in [2.05, 4.69) is 0 Å². The molecule has 0 radical (unpaired) electrons. The van der Waals surface area contributed by atoms with Gasteiger partial charge in [-0.25, -0.2) is 8.78 Å². The summed E-state index contributed by atoms with van der Waals surface area (Å²) < 4.78 is 26.5. The normalized spacial score (nSPS) is 18.5. The fraction of sp³-hybridized carbons (Fsp3) is 0.429. The quantitative estimate of drug-likeness (QED) is 0.784. The van der Waals surface area contributed by atoms with Crippen LogP contribution in [-0.2, 0) is 4.79 Å². The third-order valence-electron chi connectivity index (χ3n) is 3.49. The number of halogens is 2. The Balaban J connectivity index is 2.34. The standard InChI is InChI=1S/C14H15F2NO2/c1-14(2)6-5-10(18)8-17(14)13(19)11-4-3-9(15)7-12(11)16/h3-4,7H,5-6,8H2,1-2H3. The second kappa shape index (κ2) is 4.72. The third-order valence-corrected chi connectivity index (χ3v) is 3.49.